The first kappa shape index (κ1) is 17.5. The summed E-state index contributed by atoms with van der Waals surface area (Å²) in [5.74, 6) is 1.79. The molecule has 0 amide bonds. The summed E-state index contributed by atoms with van der Waals surface area (Å²) < 4.78 is 0. The Labute approximate surface area is 128 Å². The highest BCUT2D eigenvalue weighted by Gasteiger charge is 2.09. The maximum absolute atomic E-state index is 6.17. The Balaban J connectivity index is 2.35. The van der Waals surface area contributed by atoms with Gasteiger partial charge in [0.1, 0.15) is 5.82 Å². The summed E-state index contributed by atoms with van der Waals surface area (Å²) >= 11 is 6.17. The first-order chi connectivity index (χ1) is 9.71. The van der Waals surface area contributed by atoms with Gasteiger partial charge in [0.05, 0.1) is 5.69 Å². The number of H-pyrrole nitrogens is 1. The van der Waals surface area contributed by atoms with E-state index in [-0.39, 0.29) is 0 Å². The smallest absolute Gasteiger partial charge is 0.151 e. The van der Waals surface area contributed by atoms with E-state index in [0.717, 1.165) is 43.4 Å². The zero-order chi connectivity index (χ0) is 14.8. The van der Waals surface area contributed by atoms with Gasteiger partial charge in [-0.05, 0) is 25.3 Å². The minimum Gasteiger partial charge on any atom is -0.344 e. The monoisotopic (exact) mass is 299 g/mol. The lowest BCUT2D eigenvalue weighted by Gasteiger charge is -2.14. The molecule has 1 rings (SSSR count). The highest BCUT2D eigenvalue weighted by atomic mass is 35.5. The number of aromatic nitrogens is 2. The molecule has 0 bridgehead atoms. The fourth-order valence-electron chi connectivity index (χ4n) is 2.36. The Bertz CT molecular complexity index is 363. The van der Waals surface area contributed by atoms with Gasteiger partial charge in [0.25, 0.3) is 0 Å². The number of aromatic amines is 1. The minimum atomic E-state index is 0.630. The highest BCUT2D eigenvalue weighted by molar-refractivity contribution is 6.30. The van der Waals surface area contributed by atoms with Crippen LogP contribution in [0.3, 0.4) is 0 Å². The third kappa shape index (κ3) is 6.27. The van der Waals surface area contributed by atoms with Crippen molar-refractivity contribution in [1.29, 1.82) is 0 Å². The van der Waals surface area contributed by atoms with E-state index in [2.05, 4.69) is 36.1 Å². The van der Waals surface area contributed by atoms with Gasteiger partial charge in [-0.2, -0.15) is 0 Å². The lowest BCUT2D eigenvalue weighted by Crippen LogP contribution is -2.22. The summed E-state index contributed by atoms with van der Waals surface area (Å²) in [5, 5.41) is 4.15. The number of nitrogens with zero attached hydrogens (tertiary/aromatic N) is 1. The van der Waals surface area contributed by atoms with Gasteiger partial charge in [-0.1, -0.05) is 58.1 Å². The molecule has 20 heavy (non-hydrogen) atoms. The summed E-state index contributed by atoms with van der Waals surface area (Å²) in [5.41, 5.74) is 1.03. The molecule has 1 heterocycles. The molecule has 1 aromatic rings. The van der Waals surface area contributed by atoms with Crippen LogP contribution in [-0.2, 0) is 13.0 Å². The SMILES string of the molecule is CCCCc1nc(Cl)c(CNCC(CC)CCCC)[nH]1. The van der Waals surface area contributed by atoms with Crippen LogP contribution in [0.2, 0.25) is 5.15 Å². The van der Waals surface area contributed by atoms with E-state index in [4.69, 9.17) is 11.6 Å². The maximum atomic E-state index is 6.17. The first-order valence-corrected chi connectivity index (χ1v) is 8.52. The van der Waals surface area contributed by atoms with Gasteiger partial charge in [0, 0.05) is 13.0 Å². The van der Waals surface area contributed by atoms with Crippen LogP contribution in [0.15, 0.2) is 0 Å². The molecule has 1 atom stereocenters. The molecule has 1 aromatic heterocycles. The highest BCUT2D eigenvalue weighted by Crippen LogP contribution is 2.15. The molecule has 0 saturated heterocycles. The number of hydrogen-bond acceptors (Lipinski definition) is 2. The zero-order valence-corrected chi connectivity index (χ0v) is 14.0. The second kappa shape index (κ2) is 10.2. The van der Waals surface area contributed by atoms with Crippen molar-refractivity contribution in [3.63, 3.8) is 0 Å². The van der Waals surface area contributed by atoms with Crippen molar-refractivity contribution in [1.82, 2.24) is 15.3 Å². The van der Waals surface area contributed by atoms with Crippen molar-refractivity contribution in [2.45, 2.75) is 72.3 Å². The minimum absolute atomic E-state index is 0.630. The van der Waals surface area contributed by atoms with Crippen molar-refractivity contribution in [2.24, 2.45) is 5.92 Å². The maximum Gasteiger partial charge on any atom is 0.151 e. The number of aryl methyl sites for hydroxylation is 1. The van der Waals surface area contributed by atoms with E-state index in [9.17, 15) is 0 Å². The molecule has 1 unspecified atom stereocenters. The summed E-state index contributed by atoms with van der Waals surface area (Å²) in [7, 11) is 0. The fourth-order valence-corrected chi connectivity index (χ4v) is 2.58. The van der Waals surface area contributed by atoms with E-state index in [0.29, 0.717) is 5.15 Å². The summed E-state index contributed by atoms with van der Waals surface area (Å²) in [6.45, 7) is 8.57. The van der Waals surface area contributed by atoms with Crippen LogP contribution in [0, 0.1) is 5.92 Å². The molecular weight excluding hydrogens is 270 g/mol. The molecule has 0 radical (unpaired) electrons. The van der Waals surface area contributed by atoms with E-state index in [1.807, 2.05) is 0 Å². The van der Waals surface area contributed by atoms with E-state index < -0.39 is 0 Å². The molecule has 4 heteroatoms. The van der Waals surface area contributed by atoms with Crippen LogP contribution < -0.4 is 5.32 Å². The van der Waals surface area contributed by atoms with Crippen LogP contribution in [0.5, 0.6) is 0 Å². The third-order valence-corrected chi connectivity index (χ3v) is 4.14. The lowest BCUT2D eigenvalue weighted by atomic mass is 9.99. The van der Waals surface area contributed by atoms with Crippen molar-refractivity contribution in [3.05, 3.63) is 16.7 Å². The number of unbranched alkanes of at least 4 members (excludes halogenated alkanes) is 2. The lowest BCUT2D eigenvalue weighted by molar-refractivity contribution is 0.418. The summed E-state index contributed by atoms with van der Waals surface area (Å²) in [6.07, 6.45) is 8.50. The zero-order valence-electron chi connectivity index (χ0n) is 13.3. The molecule has 3 nitrogen and oxygen atoms in total. The van der Waals surface area contributed by atoms with Crippen LogP contribution in [0.1, 0.15) is 70.8 Å². The Hall–Kier alpha value is -0.540. The largest absolute Gasteiger partial charge is 0.344 e. The molecule has 0 aromatic carbocycles. The van der Waals surface area contributed by atoms with Crippen molar-refractivity contribution < 1.29 is 0 Å². The predicted octanol–water partition coefficient (Wildman–Crippen LogP) is 4.71. The van der Waals surface area contributed by atoms with Gasteiger partial charge in [0.15, 0.2) is 5.15 Å². The molecule has 0 fully saturated rings. The van der Waals surface area contributed by atoms with Crippen LogP contribution in [-0.4, -0.2) is 16.5 Å². The quantitative estimate of drug-likeness (QED) is 0.621. The number of hydrogen-bond donors (Lipinski definition) is 2. The topological polar surface area (TPSA) is 40.7 Å². The standard InChI is InChI=1S/C16H30ClN3/c1-4-7-9-13(6-3)11-18-12-14-16(17)20-15(19-14)10-8-5-2/h13,18H,4-12H2,1-3H3,(H,19,20). The van der Waals surface area contributed by atoms with Crippen molar-refractivity contribution in [2.75, 3.05) is 6.54 Å². The third-order valence-electron chi connectivity index (χ3n) is 3.82. The molecule has 0 aliphatic rings. The Morgan fingerprint density at radius 2 is 1.95 bits per heavy atom. The number of imidazole rings is 1. The van der Waals surface area contributed by atoms with E-state index in [1.165, 1.54) is 32.1 Å². The second-order valence-corrected chi connectivity index (χ2v) is 5.96. The van der Waals surface area contributed by atoms with Gasteiger partial charge < -0.3 is 10.3 Å². The number of rotatable bonds is 11. The first-order valence-electron chi connectivity index (χ1n) is 8.15. The van der Waals surface area contributed by atoms with Crippen LogP contribution in [0.25, 0.3) is 0 Å². The van der Waals surface area contributed by atoms with Crippen molar-refractivity contribution >= 4 is 11.6 Å². The fraction of sp³-hybridized carbons (Fsp3) is 0.812. The van der Waals surface area contributed by atoms with Gasteiger partial charge in [-0.3, -0.25) is 0 Å². The second-order valence-electron chi connectivity index (χ2n) is 5.60. The predicted molar refractivity (Wildman–Crippen MR) is 87.2 cm³/mol. The van der Waals surface area contributed by atoms with Gasteiger partial charge in [0.2, 0.25) is 0 Å². The van der Waals surface area contributed by atoms with E-state index in [1.54, 1.807) is 0 Å². The average Bonchev–Trinajstić information content (AvgIpc) is 2.80. The van der Waals surface area contributed by atoms with Gasteiger partial charge in [-0.25, -0.2) is 4.98 Å². The normalized spacial score (nSPS) is 12.8. The molecule has 0 spiro atoms. The van der Waals surface area contributed by atoms with Crippen LogP contribution >= 0.6 is 11.6 Å². The molecule has 0 aliphatic carbocycles. The molecule has 0 aliphatic heterocycles. The molecule has 2 N–H and O–H groups in total. The molecule has 116 valence electrons. The number of nitrogens with one attached hydrogen (secondary N) is 2. The number of halogens is 1. The van der Waals surface area contributed by atoms with Gasteiger partial charge in [-0.15, -0.1) is 0 Å². The van der Waals surface area contributed by atoms with Crippen molar-refractivity contribution in [3.8, 4) is 0 Å². The molecule has 0 saturated carbocycles. The molecular formula is C16H30ClN3. The summed E-state index contributed by atoms with van der Waals surface area (Å²) in [4.78, 5) is 7.73. The summed E-state index contributed by atoms with van der Waals surface area (Å²) in [6, 6.07) is 0. The van der Waals surface area contributed by atoms with E-state index >= 15 is 0 Å². The Kier molecular flexibility index (Phi) is 8.95. The van der Waals surface area contributed by atoms with Gasteiger partial charge >= 0.3 is 0 Å². The van der Waals surface area contributed by atoms with Crippen LogP contribution in [0.4, 0.5) is 0 Å². The Morgan fingerprint density at radius 1 is 1.20 bits per heavy atom. The Morgan fingerprint density at radius 3 is 2.60 bits per heavy atom. The average molecular weight is 300 g/mol.